The van der Waals surface area contributed by atoms with Crippen molar-refractivity contribution in [1.29, 1.82) is 0 Å². The number of Topliss-reactive ketones (excluding diaryl/α,β-unsaturated/α-hetero) is 1. The lowest BCUT2D eigenvalue weighted by Gasteiger charge is -2.34. The fourth-order valence-electron chi connectivity index (χ4n) is 6.22. The van der Waals surface area contributed by atoms with Gasteiger partial charge in [-0.3, -0.25) is 14.4 Å². The Morgan fingerprint density at radius 3 is 2.45 bits per heavy atom. The molecule has 2 saturated heterocycles. The van der Waals surface area contributed by atoms with E-state index in [0.717, 1.165) is 19.3 Å². The normalized spacial score (nSPS) is 22.4. The van der Waals surface area contributed by atoms with E-state index in [0.29, 0.717) is 37.3 Å². The number of carbonyl (C=O) groups is 3. The summed E-state index contributed by atoms with van der Waals surface area (Å²) in [5, 5.41) is 11.8. The van der Waals surface area contributed by atoms with E-state index in [9.17, 15) is 27.9 Å². The number of fused-ring (bicyclic) bond motifs is 2. The quantitative estimate of drug-likeness (QED) is 0.206. The monoisotopic (exact) mass is 592 g/mol. The summed E-state index contributed by atoms with van der Waals surface area (Å²) in [6.07, 6.45) is 4.52. The van der Waals surface area contributed by atoms with Crippen LogP contribution in [0.4, 0.5) is 5.69 Å². The lowest BCUT2D eigenvalue weighted by Crippen LogP contribution is -2.52. The van der Waals surface area contributed by atoms with E-state index in [1.165, 1.54) is 38.4 Å². The fraction of sp³-hybridized carbons (Fsp3) is 0.387. The number of anilines is 1. The molecule has 0 aromatic heterocycles. The summed E-state index contributed by atoms with van der Waals surface area (Å²) in [4.78, 5) is 46.5. The van der Waals surface area contributed by atoms with Crippen molar-refractivity contribution in [2.75, 3.05) is 51.7 Å². The van der Waals surface area contributed by atoms with Gasteiger partial charge in [0.05, 0.1) is 16.2 Å². The number of hydrogen-bond acceptors (Lipinski definition) is 7. The molecule has 0 bridgehead atoms. The first-order chi connectivity index (χ1) is 20.1. The second-order valence-electron chi connectivity index (χ2n) is 11.1. The third-order valence-electron chi connectivity index (χ3n) is 8.17. The summed E-state index contributed by atoms with van der Waals surface area (Å²) in [6, 6.07) is 12.6. The van der Waals surface area contributed by atoms with Gasteiger partial charge in [-0.2, -0.15) is 4.31 Å². The molecular weight excluding hydrogens is 556 g/mol. The maximum atomic E-state index is 14.4. The molecule has 2 aromatic rings. The number of piperidine rings is 1. The second kappa shape index (κ2) is 11.5. The van der Waals surface area contributed by atoms with Crippen molar-refractivity contribution in [3.8, 4) is 0 Å². The molecular formula is C31H36N4O6S. The van der Waals surface area contributed by atoms with Gasteiger partial charge in [0.15, 0.2) is 5.54 Å². The standard InChI is InChI=1S/C31H36N4O6S/c1-4-16-34-25-15-7-6-14-24(25)31(30(34)39)26(28(37)29(38)35(31)20-11-17-32(2)3)27(36)22-12-10-13-23(21-22)42(40,41)33-18-8-5-9-19-33/h4,6-7,10,12-15,21,36H,1,5,8-9,11,16-20H2,2-3H3/b27-26+. The number of para-hydroxylation sites is 1. The lowest BCUT2D eigenvalue weighted by molar-refractivity contribution is -0.143. The number of hydrogen-bond donors (Lipinski definition) is 1. The number of aliphatic hydroxyl groups is 1. The Bertz CT molecular complexity index is 1580. The van der Waals surface area contributed by atoms with E-state index in [1.54, 1.807) is 30.3 Å². The first kappa shape index (κ1) is 29.7. The van der Waals surface area contributed by atoms with Gasteiger partial charge in [-0.1, -0.05) is 42.8 Å². The number of amides is 2. The number of sulfonamides is 1. The molecule has 2 aromatic carbocycles. The summed E-state index contributed by atoms with van der Waals surface area (Å²) >= 11 is 0. The third-order valence-corrected chi connectivity index (χ3v) is 10.1. The van der Waals surface area contributed by atoms with Crippen molar-refractivity contribution in [2.24, 2.45) is 0 Å². The highest BCUT2D eigenvalue weighted by molar-refractivity contribution is 7.89. The van der Waals surface area contributed by atoms with Crippen molar-refractivity contribution in [3.05, 3.63) is 77.9 Å². The zero-order valence-electron chi connectivity index (χ0n) is 24.0. The van der Waals surface area contributed by atoms with Crippen LogP contribution < -0.4 is 4.90 Å². The Labute approximate surface area is 246 Å². The molecule has 2 fully saturated rings. The van der Waals surface area contributed by atoms with Gasteiger partial charge in [0, 0.05) is 37.3 Å². The molecule has 222 valence electrons. The number of likely N-dealkylation sites (tertiary alicyclic amines) is 1. The van der Waals surface area contributed by atoms with Crippen LogP contribution in [0.3, 0.4) is 0 Å². The molecule has 0 saturated carbocycles. The van der Waals surface area contributed by atoms with Gasteiger partial charge < -0.3 is 19.8 Å². The highest BCUT2D eigenvalue weighted by Gasteiger charge is 2.66. The number of ketones is 1. The van der Waals surface area contributed by atoms with E-state index in [2.05, 4.69) is 6.58 Å². The SMILES string of the molecule is C=CCN1C(=O)C2(/C(=C(/O)c3cccc(S(=O)(=O)N4CCCCC4)c3)C(=O)C(=O)N2CCCN(C)C)c2ccccc21. The average Bonchev–Trinajstić information content (AvgIpc) is 3.36. The van der Waals surface area contributed by atoms with Crippen LogP contribution in [0.2, 0.25) is 0 Å². The Balaban J connectivity index is 1.71. The zero-order chi connectivity index (χ0) is 30.2. The van der Waals surface area contributed by atoms with Crippen molar-refractivity contribution in [1.82, 2.24) is 14.1 Å². The van der Waals surface area contributed by atoms with Gasteiger partial charge in [-0.15, -0.1) is 6.58 Å². The van der Waals surface area contributed by atoms with Crippen LogP contribution in [0.15, 0.2) is 71.7 Å². The molecule has 1 spiro atoms. The molecule has 3 aliphatic rings. The van der Waals surface area contributed by atoms with Crippen LogP contribution in [-0.2, 0) is 29.9 Å². The summed E-state index contributed by atoms with van der Waals surface area (Å²) in [5.74, 6) is -3.03. The largest absolute Gasteiger partial charge is 0.507 e. The van der Waals surface area contributed by atoms with Gasteiger partial charge in [0.25, 0.3) is 17.6 Å². The molecule has 42 heavy (non-hydrogen) atoms. The molecule has 5 rings (SSSR count). The summed E-state index contributed by atoms with van der Waals surface area (Å²) < 4.78 is 28.3. The highest BCUT2D eigenvalue weighted by Crippen LogP contribution is 2.53. The minimum Gasteiger partial charge on any atom is -0.507 e. The van der Waals surface area contributed by atoms with Crippen LogP contribution in [0, 0.1) is 0 Å². The van der Waals surface area contributed by atoms with E-state index < -0.39 is 38.9 Å². The summed E-state index contributed by atoms with van der Waals surface area (Å²) in [5.41, 5.74) is -1.33. The predicted octanol–water partition coefficient (Wildman–Crippen LogP) is 2.92. The molecule has 1 atom stereocenters. The fourth-order valence-corrected chi connectivity index (χ4v) is 7.79. The molecule has 1 N–H and O–H groups in total. The Hall–Kier alpha value is -3.80. The van der Waals surface area contributed by atoms with Crippen LogP contribution in [0.25, 0.3) is 5.76 Å². The Kier molecular flexibility index (Phi) is 8.10. The van der Waals surface area contributed by atoms with E-state index >= 15 is 0 Å². The molecule has 3 heterocycles. The molecule has 10 nitrogen and oxygen atoms in total. The second-order valence-corrected chi connectivity index (χ2v) is 13.0. The van der Waals surface area contributed by atoms with E-state index in [1.807, 2.05) is 19.0 Å². The average molecular weight is 593 g/mol. The van der Waals surface area contributed by atoms with Crippen molar-refractivity contribution in [3.63, 3.8) is 0 Å². The minimum absolute atomic E-state index is 0.0332. The molecule has 1 unspecified atom stereocenters. The maximum Gasteiger partial charge on any atom is 0.296 e. The Morgan fingerprint density at radius 1 is 1.05 bits per heavy atom. The summed E-state index contributed by atoms with van der Waals surface area (Å²) in [7, 11) is -0.0823. The van der Waals surface area contributed by atoms with Crippen LogP contribution in [-0.4, -0.2) is 92.0 Å². The minimum atomic E-state index is -3.85. The molecule has 0 aliphatic carbocycles. The van der Waals surface area contributed by atoms with Gasteiger partial charge in [0.1, 0.15) is 5.76 Å². The maximum absolute atomic E-state index is 14.4. The van der Waals surface area contributed by atoms with Gasteiger partial charge >= 0.3 is 0 Å². The van der Waals surface area contributed by atoms with Crippen molar-refractivity contribution >= 4 is 39.1 Å². The lowest BCUT2D eigenvalue weighted by atomic mass is 9.82. The van der Waals surface area contributed by atoms with E-state index in [-0.39, 0.29) is 29.1 Å². The van der Waals surface area contributed by atoms with Crippen molar-refractivity contribution in [2.45, 2.75) is 36.1 Å². The van der Waals surface area contributed by atoms with Crippen LogP contribution in [0.1, 0.15) is 36.8 Å². The summed E-state index contributed by atoms with van der Waals surface area (Å²) in [6.45, 7) is 5.39. The van der Waals surface area contributed by atoms with Crippen LogP contribution >= 0.6 is 0 Å². The Morgan fingerprint density at radius 2 is 1.76 bits per heavy atom. The topological polar surface area (TPSA) is 119 Å². The number of benzene rings is 2. The van der Waals surface area contributed by atoms with E-state index in [4.69, 9.17) is 0 Å². The number of rotatable bonds is 9. The molecule has 0 radical (unpaired) electrons. The molecule has 2 amide bonds. The van der Waals surface area contributed by atoms with Crippen LogP contribution in [0.5, 0.6) is 0 Å². The highest BCUT2D eigenvalue weighted by atomic mass is 32.2. The smallest absolute Gasteiger partial charge is 0.296 e. The number of aliphatic hydroxyl groups excluding tert-OH is 1. The first-order valence-electron chi connectivity index (χ1n) is 14.1. The predicted molar refractivity (Wildman–Crippen MR) is 159 cm³/mol. The van der Waals surface area contributed by atoms with Gasteiger partial charge in [-0.05, 0) is 58.1 Å². The number of nitrogens with zero attached hydrogens (tertiary/aromatic N) is 4. The van der Waals surface area contributed by atoms with Gasteiger partial charge in [0.2, 0.25) is 10.0 Å². The van der Waals surface area contributed by atoms with Crippen molar-refractivity contribution < 1.29 is 27.9 Å². The zero-order valence-corrected chi connectivity index (χ0v) is 24.8. The third kappa shape index (κ3) is 4.65. The first-order valence-corrected chi connectivity index (χ1v) is 15.6. The van der Waals surface area contributed by atoms with Gasteiger partial charge in [-0.25, -0.2) is 8.42 Å². The molecule has 3 aliphatic heterocycles. The number of carbonyl (C=O) groups excluding carboxylic acids is 3. The molecule has 11 heteroatoms.